The number of halogens is 3. The van der Waals surface area contributed by atoms with Crippen LogP contribution >= 0.6 is 0 Å². The van der Waals surface area contributed by atoms with E-state index in [1.165, 1.54) is 0 Å². The minimum atomic E-state index is -4.79. The summed E-state index contributed by atoms with van der Waals surface area (Å²) < 4.78 is 47.8. The van der Waals surface area contributed by atoms with E-state index >= 15 is 0 Å². The van der Waals surface area contributed by atoms with Crippen molar-refractivity contribution in [2.75, 3.05) is 6.61 Å². The SMILES string of the molecule is Cc1cc(C#N)cc2[nH]c(CC(O)(CC(C)Cc3cccc4c3OCC4)C(F)(F)F)cc12. The molecule has 0 spiro atoms. The van der Waals surface area contributed by atoms with Gasteiger partial charge in [0.05, 0.1) is 18.2 Å². The first kappa shape index (κ1) is 22.2. The molecule has 2 aromatic carbocycles. The van der Waals surface area contributed by atoms with E-state index < -0.39 is 30.5 Å². The first-order valence-corrected chi connectivity index (χ1v) is 10.6. The highest BCUT2D eigenvalue weighted by Gasteiger charge is 2.54. The number of nitriles is 1. The summed E-state index contributed by atoms with van der Waals surface area (Å²) in [7, 11) is 0. The summed E-state index contributed by atoms with van der Waals surface area (Å²) in [4.78, 5) is 2.96. The number of ether oxygens (including phenoxy) is 1. The molecule has 0 saturated heterocycles. The van der Waals surface area contributed by atoms with E-state index in [9.17, 15) is 18.3 Å². The largest absolute Gasteiger partial charge is 0.493 e. The maximum absolute atomic E-state index is 14.0. The maximum Gasteiger partial charge on any atom is 0.417 e. The fraction of sp³-hybridized carbons (Fsp3) is 0.400. The molecule has 4 nitrogen and oxygen atoms in total. The number of fused-ring (bicyclic) bond motifs is 2. The molecule has 0 fully saturated rings. The average molecular weight is 442 g/mol. The standard InChI is InChI=1S/C25H25F3N2O2/c1-15(8-19-5-3-4-18-6-7-32-23(18)19)12-24(31,25(26,27)28)13-20-11-21-16(2)9-17(14-29)10-22(21)30-20/h3-5,9-11,15,30-31H,6-8,12-13H2,1-2H3. The second-order valence-electron chi connectivity index (χ2n) is 8.88. The number of hydrogen-bond donors (Lipinski definition) is 2. The molecule has 0 saturated carbocycles. The molecule has 1 aromatic heterocycles. The molecule has 0 bridgehead atoms. The monoisotopic (exact) mass is 442 g/mol. The van der Waals surface area contributed by atoms with Gasteiger partial charge in [-0.15, -0.1) is 0 Å². The van der Waals surface area contributed by atoms with E-state index in [0.29, 0.717) is 24.1 Å². The Labute approximate surface area is 184 Å². The molecule has 4 rings (SSSR count). The zero-order valence-corrected chi connectivity index (χ0v) is 18.0. The third-order valence-corrected chi connectivity index (χ3v) is 6.19. The lowest BCUT2D eigenvalue weighted by Gasteiger charge is -2.33. The van der Waals surface area contributed by atoms with Crippen molar-refractivity contribution in [2.24, 2.45) is 5.92 Å². The minimum Gasteiger partial charge on any atom is -0.493 e. The molecular formula is C25H25F3N2O2. The predicted molar refractivity (Wildman–Crippen MR) is 116 cm³/mol. The number of rotatable bonds is 6. The van der Waals surface area contributed by atoms with Crippen LogP contribution in [0.1, 0.15) is 41.3 Å². The number of aryl methyl sites for hydroxylation is 1. The Morgan fingerprint density at radius 2 is 2.03 bits per heavy atom. The number of aliphatic hydroxyl groups is 1. The summed E-state index contributed by atoms with van der Waals surface area (Å²) in [5, 5.41) is 20.7. The van der Waals surface area contributed by atoms with Crippen molar-refractivity contribution < 1.29 is 23.0 Å². The van der Waals surface area contributed by atoms with Crippen LogP contribution in [-0.4, -0.2) is 28.5 Å². The maximum atomic E-state index is 14.0. The van der Waals surface area contributed by atoms with Crippen LogP contribution in [0.15, 0.2) is 36.4 Å². The summed E-state index contributed by atoms with van der Waals surface area (Å²) >= 11 is 0. The number of nitrogens with one attached hydrogen (secondary N) is 1. The Morgan fingerprint density at radius 3 is 2.75 bits per heavy atom. The predicted octanol–water partition coefficient (Wildman–Crippen LogP) is 5.39. The topological polar surface area (TPSA) is 69.0 Å². The molecule has 1 aliphatic rings. The van der Waals surface area contributed by atoms with Gasteiger partial charge < -0.3 is 14.8 Å². The van der Waals surface area contributed by atoms with Gasteiger partial charge >= 0.3 is 6.18 Å². The van der Waals surface area contributed by atoms with E-state index in [4.69, 9.17) is 10.00 Å². The van der Waals surface area contributed by atoms with Crippen LogP contribution in [0.4, 0.5) is 13.2 Å². The normalized spacial score (nSPS) is 16.3. The second-order valence-corrected chi connectivity index (χ2v) is 8.88. The van der Waals surface area contributed by atoms with Gasteiger partial charge in [-0.3, -0.25) is 0 Å². The molecule has 0 amide bonds. The number of hydrogen-bond acceptors (Lipinski definition) is 3. The van der Waals surface area contributed by atoms with Gasteiger partial charge in [-0.05, 0) is 60.6 Å². The molecule has 168 valence electrons. The highest BCUT2D eigenvalue weighted by molar-refractivity contribution is 5.85. The Balaban J connectivity index is 1.58. The van der Waals surface area contributed by atoms with Crippen molar-refractivity contribution in [3.05, 3.63) is 64.3 Å². The van der Waals surface area contributed by atoms with Crippen molar-refractivity contribution >= 4 is 10.9 Å². The van der Waals surface area contributed by atoms with Crippen LogP contribution in [0.25, 0.3) is 10.9 Å². The number of benzene rings is 2. The average Bonchev–Trinajstić information content (AvgIpc) is 3.34. The Bertz CT molecular complexity index is 1190. The summed E-state index contributed by atoms with van der Waals surface area (Å²) in [5.74, 6) is 0.350. The number of para-hydroxylation sites is 1. The van der Waals surface area contributed by atoms with Gasteiger partial charge in [-0.2, -0.15) is 18.4 Å². The minimum absolute atomic E-state index is 0.286. The van der Waals surface area contributed by atoms with E-state index in [1.807, 2.05) is 24.3 Å². The Kier molecular flexibility index (Phi) is 5.68. The van der Waals surface area contributed by atoms with Gasteiger partial charge in [0.2, 0.25) is 0 Å². The van der Waals surface area contributed by atoms with Crippen LogP contribution in [0, 0.1) is 24.2 Å². The van der Waals surface area contributed by atoms with Gasteiger partial charge in [-0.25, -0.2) is 0 Å². The first-order valence-electron chi connectivity index (χ1n) is 10.6. The third-order valence-electron chi connectivity index (χ3n) is 6.19. The first-order chi connectivity index (χ1) is 15.1. The fourth-order valence-electron chi connectivity index (χ4n) is 4.71. The molecule has 0 aliphatic carbocycles. The van der Waals surface area contributed by atoms with E-state index in [0.717, 1.165) is 34.2 Å². The zero-order valence-electron chi connectivity index (χ0n) is 18.0. The van der Waals surface area contributed by atoms with Gasteiger partial charge in [0, 0.05) is 29.4 Å². The number of aromatic nitrogens is 1. The molecule has 2 heterocycles. The van der Waals surface area contributed by atoms with Crippen molar-refractivity contribution in [2.45, 2.75) is 51.3 Å². The summed E-state index contributed by atoms with van der Waals surface area (Å²) in [5.41, 5.74) is 1.18. The van der Waals surface area contributed by atoms with Gasteiger partial charge in [-0.1, -0.05) is 25.1 Å². The number of H-pyrrole nitrogens is 1. The van der Waals surface area contributed by atoms with E-state index in [-0.39, 0.29) is 5.69 Å². The molecular weight excluding hydrogens is 417 g/mol. The fourth-order valence-corrected chi connectivity index (χ4v) is 4.71. The van der Waals surface area contributed by atoms with Crippen LogP contribution in [0.2, 0.25) is 0 Å². The molecule has 32 heavy (non-hydrogen) atoms. The number of alkyl halides is 3. The summed E-state index contributed by atoms with van der Waals surface area (Å²) in [6, 6.07) is 12.7. The zero-order chi connectivity index (χ0) is 23.1. The van der Waals surface area contributed by atoms with Crippen molar-refractivity contribution in [3.8, 4) is 11.8 Å². The highest BCUT2D eigenvalue weighted by Crippen LogP contribution is 2.40. The Hall–Kier alpha value is -2.98. The molecule has 2 unspecified atom stereocenters. The van der Waals surface area contributed by atoms with Crippen LogP contribution < -0.4 is 4.74 Å². The molecule has 3 aromatic rings. The van der Waals surface area contributed by atoms with Gasteiger partial charge in [0.1, 0.15) is 5.75 Å². The lowest BCUT2D eigenvalue weighted by molar-refractivity contribution is -0.265. The van der Waals surface area contributed by atoms with Crippen LogP contribution in [-0.2, 0) is 19.3 Å². The van der Waals surface area contributed by atoms with Gasteiger partial charge in [0.25, 0.3) is 0 Å². The lowest BCUT2D eigenvalue weighted by atomic mass is 9.83. The van der Waals surface area contributed by atoms with Crippen LogP contribution in [0.5, 0.6) is 5.75 Å². The van der Waals surface area contributed by atoms with Crippen molar-refractivity contribution in [1.29, 1.82) is 5.26 Å². The van der Waals surface area contributed by atoms with Crippen molar-refractivity contribution in [3.63, 3.8) is 0 Å². The number of nitrogens with zero attached hydrogens (tertiary/aromatic N) is 1. The second kappa shape index (κ2) is 8.18. The van der Waals surface area contributed by atoms with Crippen LogP contribution in [0.3, 0.4) is 0 Å². The lowest BCUT2D eigenvalue weighted by Crippen LogP contribution is -2.48. The van der Waals surface area contributed by atoms with E-state index in [1.54, 1.807) is 32.0 Å². The summed E-state index contributed by atoms with van der Waals surface area (Å²) in [6.07, 6.45) is -4.62. The molecule has 2 atom stereocenters. The Morgan fingerprint density at radius 1 is 1.25 bits per heavy atom. The molecule has 1 aliphatic heterocycles. The smallest absolute Gasteiger partial charge is 0.417 e. The van der Waals surface area contributed by atoms with E-state index in [2.05, 4.69) is 4.98 Å². The quantitative estimate of drug-likeness (QED) is 0.538. The molecule has 2 N–H and O–H groups in total. The summed E-state index contributed by atoms with van der Waals surface area (Å²) in [6.45, 7) is 4.11. The van der Waals surface area contributed by atoms with Gasteiger partial charge in [0.15, 0.2) is 5.60 Å². The molecule has 0 radical (unpaired) electrons. The molecule has 7 heteroatoms. The third kappa shape index (κ3) is 4.20. The van der Waals surface area contributed by atoms with Crippen molar-refractivity contribution in [1.82, 2.24) is 4.98 Å². The number of aromatic amines is 1. The highest BCUT2D eigenvalue weighted by atomic mass is 19.4.